The highest BCUT2D eigenvalue weighted by atomic mass is 35.5. The third-order valence-corrected chi connectivity index (χ3v) is 6.66. The van der Waals surface area contributed by atoms with Crippen LogP contribution in [0, 0.1) is 13.8 Å². The van der Waals surface area contributed by atoms with E-state index in [2.05, 4.69) is 5.32 Å². The number of nitrogens with zero attached hydrogens (tertiary/aromatic N) is 1. The second-order valence-corrected chi connectivity index (χ2v) is 9.11. The maximum absolute atomic E-state index is 13.0. The number of anilines is 1. The number of aryl methyl sites for hydroxylation is 2. The van der Waals surface area contributed by atoms with Crippen molar-refractivity contribution >= 4 is 33.2 Å². The number of benzene rings is 2. The minimum absolute atomic E-state index is 0.0637. The lowest BCUT2D eigenvalue weighted by molar-refractivity contribution is -0.118. The van der Waals surface area contributed by atoms with Gasteiger partial charge < -0.3 is 14.8 Å². The number of halogens is 1. The van der Waals surface area contributed by atoms with Crippen molar-refractivity contribution in [3.8, 4) is 5.75 Å². The first-order chi connectivity index (χ1) is 13.8. The fourth-order valence-electron chi connectivity index (χ4n) is 3.01. The number of nitrogens with one attached hydrogen (secondary N) is 1. The van der Waals surface area contributed by atoms with Gasteiger partial charge in [0, 0.05) is 23.8 Å². The van der Waals surface area contributed by atoms with Gasteiger partial charge in [-0.05, 0) is 43.7 Å². The third kappa shape index (κ3) is 5.27. The highest BCUT2D eigenvalue weighted by Gasteiger charge is 2.29. The zero-order valence-electron chi connectivity index (χ0n) is 16.3. The highest BCUT2D eigenvalue weighted by molar-refractivity contribution is 7.89. The molecule has 156 valence electrons. The van der Waals surface area contributed by atoms with Crippen LogP contribution in [0.2, 0.25) is 5.02 Å². The van der Waals surface area contributed by atoms with Crippen molar-refractivity contribution in [2.75, 3.05) is 38.2 Å². The molecule has 29 heavy (non-hydrogen) atoms. The lowest BCUT2D eigenvalue weighted by Gasteiger charge is -2.26. The summed E-state index contributed by atoms with van der Waals surface area (Å²) in [6, 6.07) is 10.00. The Hall–Kier alpha value is -2.13. The van der Waals surface area contributed by atoms with E-state index < -0.39 is 10.0 Å². The summed E-state index contributed by atoms with van der Waals surface area (Å²) in [7, 11) is -3.82. The van der Waals surface area contributed by atoms with Crippen molar-refractivity contribution in [2.24, 2.45) is 0 Å². The Morgan fingerprint density at radius 2 is 1.90 bits per heavy atom. The van der Waals surface area contributed by atoms with Crippen molar-refractivity contribution in [2.45, 2.75) is 18.7 Å². The van der Waals surface area contributed by atoms with Gasteiger partial charge in [-0.2, -0.15) is 4.31 Å². The molecule has 0 unspecified atom stereocenters. The average Bonchev–Trinajstić information content (AvgIpc) is 2.70. The molecule has 0 aromatic heterocycles. The zero-order valence-corrected chi connectivity index (χ0v) is 17.8. The number of ether oxygens (including phenoxy) is 2. The molecule has 1 heterocycles. The third-order valence-electron chi connectivity index (χ3n) is 4.51. The number of rotatable bonds is 6. The van der Waals surface area contributed by atoms with Crippen LogP contribution in [0.4, 0.5) is 5.69 Å². The molecule has 0 atom stereocenters. The first-order valence-electron chi connectivity index (χ1n) is 9.15. The van der Waals surface area contributed by atoms with Gasteiger partial charge in [-0.25, -0.2) is 8.42 Å². The number of carbonyl (C=O) groups excluding carboxylic acids is 1. The minimum Gasteiger partial charge on any atom is -0.482 e. The zero-order chi connectivity index (χ0) is 21.0. The molecule has 3 rings (SSSR count). The number of amides is 1. The normalized spacial score (nSPS) is 15.1. The number of hydrogen-bond donors (Lipinski definition) is 1. The van der Waals surface area contributed by atoms with Crippen LogP contribution < -0.4 is 10.1 Å². The van der Waals surface area contributed by atoms with Gasteiger partial charge in [0.15, 0.2) is 6.61 Å². The number of sulfonamides is 1. The molecule has 0 aliphatic carbocycles. The lowest BCUT2D eigenvalue weighted by Crippen LogP contribution is -2.40. The maximum Gasteiger partial charge on any atom is 0.262 e. The molecule has 9 heteroatoms. The number of morpholine rings is 1. The van der Waals surface area contributed by atoms with E-state index in [1.807, 2.05) is 32.0 Å². The summed E-state index contributed by atoms with van der Waals surface area (Å²) in [5.74, 6) is -0.307. The van der Waals surface area contributed by atoms with E-state index in [1.54, 1.807) is 0 Å². The van der Waals surface area contributed by atoms with Gasteiger partial charge >= 0.3 is 0 Å². The van der Waals surface area contributed by atoms with E-state index in [0.717, 1.165) is 11.1 Å². The molecular weight excluding hydrogens is 416 g/mol. The maximum atomic E-state index is 13.0. The van der Waals surface area contributed by atoms with Gasteiger partial charge in [0.25, 0.3) is 5.91 Å². The predicted molar refractivity (Wildman–Crippen MR) is 111 cm³/mol. The Balaban J connectivity index is 1.75. The van der Waals surface area contributed by atoms with Crippen LogP contribution in [0.15, 0.2) is 41.3 Å². The summed E-state index contributed by atoms with van der Waals surface area (Å²) in [5, 5.41) is 3.04. The molecular formula is C20H23ClN2O5S. The molecule has 0 spiro atoms. The van der Waals surface area contributed by atoms with E-state index in [-0.39, 0.29) is 41.3 Å². The number of hydrogen-bond acceptors (Lipinski definition) is 5. The summed E-state index contributed by atoms with van der Waals surface area (Å²) in [6.45, 7) is 4.69. The van der Waals surface area contributed by atoms with E-state index in [9.17, 15) is 13.2 Å². The van der Waals surface area contributed by atoms with Crippen molar-refractivity contribution in [1.29, 1.82) is 0 Å². The summed E-state index contributed by atoms with van der Waals surface area (Å²) < 4.78 is 38.1. The smallest absolute Gasteiger partial charge is 0.262 e. The first-order valence-corrected chi connectivity index (χ1v) is 11.0. The van der Waals surface area contributed by atoms with E-state index in [4.69, 9.17) is 21.1 Å². The van der Waals surface area contributed by atoms with E-state index >= 15 is 0 Å². The van der Waals surface area contributed by atoms with Crippen LogP contribution in [-0.4, -0.2) is 51.5 Å². The minimum atomic E-state index is -3.82. The Morgan fingerprint density at radius 3 is 2.59 bits per heavy atom. The van der Waals surface area contributed by atoms with Crippen molar-refractivity contribution < 1.29 is 22.7 Å². The molecule has 1 aliphatic heterocycles. The molecule has 7 nitrogen and oxygen atoms in total. The summed E-state index contributed by atoms with van der Waals surface area (Å²) in [6.07, 6.45) is 0. The molecule has 1 saturated heterocycles. The summed E-state index contributed by atoms with van der Waals surface area (Å²) >= 11 is 6.02. The second kappa shape index (κ2) is 9.13. The monoisotopic (exact) mass is 438 g/mol. The lowest BCUT2D eigenvalue weighted by atomic mass is 10.1. The topological polar surface area (TPSA) is 84.9 Å². The van der Waals surface area contributed by atoms with Gasteiger partial charge in [0.2, 0.25) is 10.0 Å². The average molecular weight is 439 g/mol. The van der Waals surface area contributed by atoms with Crippen molar-refractivity contribution in [3.05, 3.63) is 52.5 Å². The van der Waals surface area contributed by atoms with Crippen molar-refractivity contribution in [3.63, 3.8) is 0 Å². The molecule has 2 aromatic rings. The van der Waals surface area contributed by atoms with Gasteiger partial charge in [0.05, 0.1) is 13.2 Å². The van der Waals surface area contributed by atoms with E-state index in [0.29, 0.717) is 18.9 Å². The highest BCUT2D eigenvalue weighted by Crippen LogP contribution is 2.30. The Bertz CT molecular complexity index is 1000. The number of carbonyl (C=O) groups is 1. The van der Waals surface area contributed by atoms with Crippen LogP contribution in [0.3, 0.4) is 0 Å². The molecule has 1 fully saturated rings. The van der Waals surface area contributed by atoms with Crippen molar-refractivity contribution in [1.82, 2.24) is 4.31 Å². The van der Waals surface area contributed by atoms with Crippen LogP contribution in [0.5, 0.6) is 5.75 Å². The molecule has 1 aliphatic rings. The largest absolute Gasteiger partial charge is 0.482 e. The van der Waals surface area contributed by atoms with Crippen LogP contribution in [-0.2, 0) is 19.6 Å². The van der Waals surface area contributed by atoms with E-state index in [1.165, 1.54) is 22.5 Å². The standard InChI is InChI=1S/C20H23ClN2O5S/c1-14-3-5-17(15(2)11-14)22-20(24)13-28-18-6-4-16(21)12-19(18)29(25,26)23-7-9-27-10-8-23/h3-6,11-12H,7-10,13H2,1-2H3,(H,22,24). The van der Waals surface area contributed by atoms with Crippen LogP contribution in [0.25, 0.3) is 0 Å². The van der Waals surface area contributed by atoms with Crippen LogP contribution in [0.1, 0.15) is 11.1 Å². The quantitative estimate of drug-likeness (QED) is 0.749. The van der Waals surface area contributed by atoms with Crippen LogP contribution >= 0.6 is 11.6 Å². The second-order valence-electron chi connectivity index (χ2n) is 6.76. The fourth-order valence-corrected chi connectivity index (χ4v) is 4.81. The molecule has 1 amide bonds. The Labute approximate surface area is 175 Å². The molecule has 1 N–H and O–H groups in total. The predicted octanol–water partition coefficient (Wildman–Crippen LogP) is 3.00. The summed E-state index contributed by atoms with van der Waals surface area (Å²) in [4.78, 5) is 12.3. The van der Waals surface area contributed by atoms with Gasteiger partial charge in [-0.15, -0.1) is 0 Å². The Kier molecular flexibility index (Phi) is 6.79. The first kappa shape index (κ1) is 21.6. The van der Waals surface area contributed by atoms with Gasteiger partial charge in [0.1, 0.15) is 10.6 Å². The summed E-state index contributed by atoms with van der Waals surface area (Å²) in [5.41, 5.74) is 2.71. The SMILES string of the molecule is Cc1ccc(NC(=O)COc2ccc(Cl)cc2S(=O)(=O)N2CCOCC2)c(C)c1. The fraction of sp³-hybridized carbons (Fsp3) is 0.350. The molecule has 0 saturated carbocycles. The molecule has 0 bridgehead atoms. The van der Waals surface area contributed by atoms with Gasteiger partial charge in [-0.3, -0.25) is 4.79 Å². The van der Waals surface area contributed by atoms with Gasteiger partial charge in [-0.1, -0.05) is 29.3 Å². The molecule has 2 aromatic carbocycles. The molecule has 0 radical (unpaired) electrons. The Morgan fingerprint density at radius 1 is 1.17 bits per heavy atom.